The van der Waals surface area contributed by atoms with Crippen LogP contribution in [0.5, 0.6) is 0 Å². The van der Waals surface area contributed by atoms with Crippen molar-refractivity contribution >= 4 is 22.8 Å². The Kier molecular flexibility index (Phi) is 3.83. The van der Waals surface area contributed by atoms with E-state index in [1.807, 2.05) is 25.2 Å². The van der Waals surface area contributed by atoms with E-state index in [9.17, 15) is 9.59 Å². The highest BCUT2D eigenvalue weighted by molar-refractivity contribution is 5.97. The molecule has 1 saturated carbocycles. The maximum atomic E-state index is 12.1. The van der Waals surface area contributed by atoms with Crippen LogP contribution in [0.4, 0.5) is 0 Å². The summed E-state index contributed by atoms with van der Waals surface area (Å²) in [7, 11) is 2.02. The van der Waals surface area contributed by atoms with E-state index in [0.717, 1.165) is 16.9 Å². The summed E-state index contributed by atoms with van der Waals surface area (Å²) in [6.07, 6.45) is 2.40. The summed E-state index contributed by atoms with van der Waals surface area (Å²) in [5, 5.41) is 5.43. The molecule has 0 radical (unpaired) electrons. The smallest absolute Gasteiger partial charge is 0.251 e. The maximum Gasteiger partial charge on any atom is 0.251 e. The zero-order chi connectivity index (χ0) is 15.7. The number of aryl methyl sites for hydroxylation is 1. The Labute approximate surface area is 128 Å². The van der Waals surface area contributed by atoms with Crippen molar-refractivity contribution in [1.29, 1.82) is 0 Å². The summed E-state index contributed by atoms with van der Waals surface area (Å²) >= 11 is 0. The van der Waals surface area contributed by atoms with Gasteiger partial charge in [0.25, 0.3) is 5.91 Å². The lowest BCUT2D eigenvalue weighted by Crippen LogP contribution is -2.33. The van der Waals surface area contributed by atoms with Crippen LogP contribution in [0.2, 0.25) is 0 Å². The van der Waals surface area contributed by atoms with Crippen molar-refractivity contribution in [1.82, 2.24) is 20.2 Å². The number of nitrogens with one attached hydrogen (secondary N) is 2. The molecule has 0 bridgehead atoms. The molecule has 2 aromatic rings. The maximum absolute atomic E-state index is 12.1. The van der Waals surface area contributed by atoms with E-state index < -0.39 is 0 Å². The van der Waals surface area contributed by atoms with Crippen molar-refractivity contribution in [3.05, 3.63) is 29.6 Å². The quantitative estimate of drug-likeness (QED) is 0.818. The molecule has 2 amide bonds. The fourth-order valence-corrected chi connectivity index (χ4v) is 2.58. The summed E-state index contributed by atoms with van der Waals surface area (Å²) < 4.78 is 2.12. The molecule has 3 rings (SSSR count). The predicted octanol–water partition coefficient (Wildman–Crippen LogP) is 1.32. The number of hydrogen-bond acceptors (Lipinski definition) is 3. The van der Waals surface area contributed by atoms with Crippen LogP contribution in [-0.4, -0.2) is 34.5 Å². The Morgan fingerprint density at radius 2 is 2.00 bits per heavy atom. The second kappa shape index (κ2) is 5.79. The molecular weight excluding hydrogens is 280 g/mol. The number of nitrogens with zero attached hydrogens (tertiary/aromatic N) is 2. The predicted molar refractivity (Wildman–Crippen MR) is 83.7 cm³/mol. The largest absolute Gasteiger partial charge is 0.355 e. The number of carbonyl (C=O) groups excluding carboxylic acids is 2. The van der Waals surface area contributed by atoms with Crippen LogP contribution in [0.15, 0.2) is 18.2 Å². The van der Waals surface area contributed by atoms with Crippen molar-refractivity contribution in [2.45, 2.75) is 25.7 Å². The van der Waals surface area contributed by atoms with Gasteiger partial charge in [-0.1, -0.05) is 0 Å². The van der Waals surface area contributed by atoms with Gasteiger partial charge in [-0.05, 0) is 31.0 Å². The molecule has 1 aromatic carbocycles. The van der Waals surface area contributed by atoms with Crippen LogP contribution < -0.4 is 10.6 Å². The number of fused-ring (bicyclic) bond motifs is 1. The number of carbonyl (C=O) groups is 2. The third kappa shape index (κ3) is 2.95. The molecule has 0 unspecified atom stereocenters. The number of amides is 2. The molecule has 116 valence electrons. The molecule has 1 aromatic heterocycles. The van der Waals surface area contributed by atoms with Gasteiger partial charge in [0.15, 0.2) is 0 Å². The van der Waals surface area contributed by atoms with Crippen molar-refractivity contribution in [3.63, 3.8) is 0 Å². The number of benzene rings is 1. The second-order valence-electron chi connectivity index (χ2n) is 5.75. The Balaban J connectivity index is 1.71. The highest BCUT2D eigenvalue weighted by atomic mass is 16.2. The van der Waals surface area contributed by atoms with Crippen molar-refractivity contribution in [2.24, 2.45) is 7.05 Å². The summed E-state index contributed by atoms with van der Waals surface area (Å²) in [4.78, 5) is 27.5. The minimum atomic E-state index is -0.147. The molecule has 0 aliphatic heterocycles. The highest BCUT2D eigenvalue weighted by Gasteiger charge is 2.28. The molecule has 0 atom stereocenters. The van der Waals surface area contributed by atoms with E-state index in [1.165, 1.54) is 19.8 Å². The number of hydrogen-bond donors (Lipinski definition) is 2. The first-order chi connectivity index (χ1) is 10.6. The zero-order valence-corrected chi connectivity index (χ0v) is 12.8. The molecule has 1 fully saturated rings. The van der Waals surface area contributed by atoms with Crippen LogP contribution >= 0.6 is 0 Å². The lowest BCUT2D eigenvalue weighted by Gasteiger charge is -2.06. The monoisotopic (exact) mass is 300 g/mol. The third-order valence-corrected chi connectivity index (χ3v) is 3.90. The average Bonchev–Trinajstić information content (AvgIpc) is 3.28. The van der Waals surface area contributed by atoms with Crippen LogP contribution in [-0.2, 0) is 11.8 Å². The lowest BCUT2D eigenvalue weighted by molar-refractivity contribution is -0.118. The van der Waals surface area contributed by atoms with Gasteiger partial charge >= 0.3 is 0 Å². The molecule has 1 aliphatic carbocycles. The average molecular weight is 300 g/mol. The van der Waals surface area contributed by atoms with Crippen LogP contribution in [0.1, 0.15) is 41.9 Å². The summed E-state index contributed by atoms with van der Waals surface area (Å²) in [5.41, 5.74) is 2.51. The molecule has 6 heteroatoms. The van der Waals surface area contributed by atoms with E-state index in [0.29, 0.717) is 24.6 Å². The Morgan fingerprint density at radius 1 is 1.27 bits per heavy atom. The molecule has 1 heterocycles. The molecule has 6 nitrogen and oxygen atoms in total. The van der Waals surface area contributed by atoms with E-state index in [1.54, 1.807) is 0 Å². The Morgan fingerprint density at radius 3 is 2.68 bits per heavy atom. The molecule has 0 spiro atoms. The molecule has 0 saturated heterocycles. The lowest BCUT2D eigenvalue weighted by atomic mass is 10.2. The topological polar surface area (TPSA) is 76.0 Å². The first-order valence-electron chi connectivity index (χ1n) is 7.55. The SMILES string of the molecule is CC(=O)NCCNC(=O)c1ccc2c(c1)nc(C1CC1)n2C. The van der Waals surface area contributed by atoms with Gasteiger partial charge in [-0.2, -0.15) is 0 Å². The van der Waals surface area contributed by atoms with Crippen LogP contribution in [0.3, 0.4) is 0 Å². The van der Waals surface area contributed by atoms with E-state index in [2.05, 4.69) is 20.2 Å². The van der Waals surface area contributed by atoms with E-state index >= 15 is 0 Å². The van der Waals surface area contributed by atoms with E-state index in [4.69, 9.17) is 0 Å². The van der Waals surface area contributed by atoms with Gasteiger partial charge < -0.3 is 15.2 Å². The molecular formula is C16H20N4O2. The van der Waals surface area contributed by atoms with Gasteiger partial charge in [-0.25, -0.2) is 4.98 Å². The summed E-state index contributed by atoms with van der Waals surface area (Å²) in [6.45, 7) is 2.29. The van der Waals surface area contributed by atoms with Gasteiger partial charge in [0, 0.05) is 38.5 Å². The van der Waals surface area contributed by atoms with Crippen molar-refractivity contribution in [3.8, 4) is 0 Å². The molecule has 1 aliphatic rings. The van der Waals surface area contributed by atoms with Crippen molar-refractivity contribution < 1.29 is 9.59 Å². The minimum Gasteiger partial charge on any atom is -0.355 e. The Bertz CT molecular complexity index is 731. The highest BCUT2D eigenvalue weighted by Crippen LogP contribution is 2.40. The van der Waals surface area contributed by atoms with Gasteiger partial charge in [0.1, 0.15) is 5.82 Å². The van der Waals surface area contributed by atoms with Crippen molar-refractivity contribution in [2.75, 3.05) is 13.1 Å². The van der Waals surface area contributed by atoms with Gasteiger partial charge in [0.2, 0.25) is 5.91 Å². The standard InChI is InChI=1S/C16H20N4O2/c1-10(21)17-7-8-18-16(22)12-5-6-14-13(9-12)19-15(20(14)2)11-3-4-11/h5-6,9,11H,3-4,7-8H2,1-2H3,(H,17,21)(H,18,22). The Hall–Kier alpha value is -2.37. The zero-order valence-electron chi connectivity index (χ0n) is 12.8. The third-order valence-electron chi connectivity index (χ3n) is 3.90. The number of imidazole rings is 1. The molecule has 22 heavy (non-hydrogen) atoms. The van der Waals surface area contributed by atoms with Gasteiger partial charge in [-0.15, -0.1) is 0 Å². The fraction of sp³-hybridized carbons (Fsp3) is 0.438. The summed E-state index contributed by atoms with van der Waals surface area (Å²) in [6, 6.07) is 5.58. The molecule has 2 N–H and O–H groups in total. The first kappa shape index (κ1) is 14.6. The fourth-order valence-electron chi connectivity index (χ4n) is 2.58. The number of rotatable bonds is 5. The first-order valence-corrected chi connectivity index (χ1v) is 7.55. The van der Waals surface area contributed by atoms with Gasteiger partial charge in [-0.3, -0.25) is 9.59 Å². The van der Waals surface area contributed by atoms with Crippen LogP contribution in [0, 0.1) is 0 Å². The van der Waals surface area contributed by atoms with Gasteiger partial charge in [0.05, 0.1) is 11.0 Å². The minimum absolute atomic E-state index is 0.100. The summed E-state index contributed by atoms with van der Waals surface area (Å²) in [5.74, 6) is 1.44. The van der Waals surface area contributed by atoms with Crippen LogP contribution in [0.25, 0.3) is 11.0 Å². The van der Waals surface area contributed by atoms with E-state index in [-0.39, 0.29) is 11.8 Å². The normalized spacial score (nSPS) is 14.1. The number of aromatic nitrogens is 2. The second-order valence-corrected chi connectivity index (χ2v) is 5.75.